The minimum Gasteiger partial charge on any atom is -0.455 e. The topological polar surface area (TPSA) is 125 Å². The van der Waals surface area contributed by atoms with E-state index in [4.69, 9.17) is 9.47 Å². The third kappa shape index (κ3) is 8.44. The number of nitrogens with one attached hydrogen (secondary N) is 1. The standard InChI is InChI=1S/C43H57N3O7/c1-8-10-21-34(48)44-26-33(30-19-15-12-16-20-30)52-40(51)35-32-22-23-43(53-32)36(35)38(49)46(31(27-47)25-29-17-13-11-14-18-29)37(43)39(50)45(24-9-2)42(6,7)28-41(3,4)5/h8-9,11-20,31-33,35-37,47H,1-2,10,21-28H2,3-7H3,(H,44,48)/t31-,32-,33+,35+,36+,37-,43+/m1/s1. The number of likely N-dealkylation sites (tertiary alicyclic amines) is 1. The molecule has 0 radical (unpaired) electrons. The highest BCUT2D eigenvalue weighted by molar-refractivity contribution is 5.98. The van der Waals surface area contributed by atoms with Gasteiger partial charge in [-0.2, -0.15) is 0 Å². The molecule has 0 aromatic heterocycles. The molecule has 3 heterocycles. The SMILES string of the molecule is C=CCCC(=O)NC[C@H](OC(=O)[C@@H]1[C@H]2C(=O)N([C@@H](CO)Cc3ccccc3)[C@H](C(=O)N(CC=C)C(C)(C)CC(C)(C)C)[C@]23CC[C@H]1O3)c1ccccc1. The summed E-state index contributed by atoms with van der Waals surface area (Å²) in [5.74, 6) is -3.48. The van der Waals surface area contributed by atoms with Crippen LogP contribution in [-0.2, 0) is 35.1 Å². The van der Waals surface area contributed by atoms with Crippen LogP contribution in [0.15, 0.2) is 86.0 Å². The summed E-state index contributed by atoms with van der Waals surface area (Å²) in [7, 11) is 0. The van der Waals surface area contributed by atoms with Gasteiger partial charge in [0.1, 0.15) is 17.7 Å². The highest BCUT2D eigenvalue weighted by atomic mass is 16.6. The molecule has 2 bridgehead atoms. The number of hydrogen-bond donors (Lipinski definition) is 2. The first-order valence-corrected chi connectivity index (χ1v) is 18.9. The lowest BCUT2D eigenvalue weighted by molar-refractivity contribution is -0.161. The first kappa shape index (κ1) is 39.9. The lowest BCUT2D eigenvalue weighted by Gasteiger charge is -2.46. The van der Waals surface area contributed by atoms with Gasteiger partial charge in [0.15, 0.2) is 0 Å². The maximum Gasteiger partial charge on any atom is 0.313 e. The highest BCUT2D eigenvalue weighted by Crippen LogP contribution is 2.59. The Labute approximate surface area is 314 Å². The van der Waals surface area contributed by atoms with Gasteiger partial charge in [-0.3, -0.25) is 19.2 Å². The van der Waals surface area contributed by atoms with Gasteiger partial charge in [0.05, 0.1) is 37.1 Å². The van der Waals surface area contributed by atoms with Crippen molar-refractivity contribution >= 4 is 23.7 Å². The van der Waals surface area contributed by atoms with Crippen LogP contribution in [0.25, 0.3) is 0 Å². The molecule has 5 rings (SSSR count). The average molecular weight is 728 g/mol. The van der Waals surface area contributed by atoms with Crippen LogP contribution in [0.3, 0.4) is 0 Å². The first-order chi connectivity index (χ1) is 25.2. The first-order valence-electron chi connectivity index (χ1n) is 18.9. The zero-order chi connectivity index (χ0) is 38.6. The quantitative estimate of drug-likeness (QED) is 0.162. The number of nitrogens with zero attached hydrogens (tertiary/aromatic N) is 2. The molecule has 0 unspecified atom stereocenters. The summed E-state index contributed by atoms with van der Waals surface area (Å²) in [6, 6.07) is 16.9. The largest absolute Gasteiger partial charge is 0.455 e. The van der Waals surface area contributed by atoms with Gasteiger partial charge in [-0.05, 0) is 62.5 Å². The molecule has 1 spiro atoms. The summed E-state index contributed by atoms with van der Waals surface area (Å²) in [4.78, 5) is 60.5. The van der Waals surface area contributed by atoms with Crippen LogP contribution in [0.2, 0.25) is 0 Å². The Hall–Kier alpha value is -4.28. The van der Waals surface area contributed by atoms with Crippen molar-refractivity contribution in [2.75, 3.05) is 19.7 Å². The summed E-state index contributed by atoms with van der Waals surface area (Å²) in [6.45, 7) is 18.0. The van der Waals surface area contributed by atoms with Crippen LogP contribution >= 0.6 is 0 Å². The molecule has 2 aromatic rings. The van der Waals surface area contributed by atoms with Gasteiger partial charge >= 0.3 is 5.97 Å². The minimum absolute atomic E-state index is 0.0456. The van der Waals surface area contributed by atoms with Crippen LogP contribution < -0.4 is 5.32 Å². The van der Waals surface area contributed by atoms with Crippen LogP contribution in [0.1, 0.15) is 84.0 Å². The second-order valence-electron chi connectivity index (χ2n) is 16.6. The van der Waals surface area contributed by atoms with Gasteiger partial charge in [0.25, 0.3) is 0 Å². The maximum absolute atomic E-state index is 15.2. The molecule has 53 heavy (non-hydrogen) atoms. The van der Waals surface area contributed by atoms with Gasteiger partial charge in [-0.1, -0.05) is 93.6 Å². The fourth-order valence-electron chi connectivity index (χ4n) is 9.12. The van der Waals surface area contributed by atoms with Gasteiger partial charge in [0, 0.05) is 18.5 Å². The van der Waals surface area contributed by atoms with E-state index >= 15 is 4.79 Å². The third-order valence-electron chi connectivity index (χ3n) is 10.9. The third-order valence-corrected chi connectivity index (χ3v) is 10.9. The average Bonchev–Trinajstić information content (AvgIpc) is 3.77. The van der Waals surface area contributed by atoms with Gasteiger partial charge < -0.3 is 29.7 Å². The predicted octanol–water partition coefficient (Wildman–Crippen LogP) is 5.56. The zero-order valence-corrected chi connectivity index (χ0v) is 32.0. The number of amides is 3. The van der Waals surface area contributed by atoms with Crippen molar-refractivity contribution in [3.8, 4) is 0 Å². The normalized spacial score (nSPS) is 24.6. The number of carbonyl (C=O) groups is 4. The lowest BCUT2D eigenvalue weighted by Crippen LogP contribution is -2.62. The fraction of sp³-hybridized carbons (Fsp3) is 0.535. The molecule has 3 saturated heterocycles. The Morgan fingerprint density at radius 3 is 2.32 bits per heavy atom. The number of rotatable bonds is 17. The van der Waals surface area contributed by atoms with E-state index in [0.29, 0.717) is 37.7 Å². The minimum atomic E-state index is -1.30. The molecule has 286 valence electrons. The van der Waals surface area contributed by atoms with Gasteiger partial charge in [-0.25, -0.2) is 0 Å². The molecule has 10 nitrogen and oxygen atoms in total. The highest BCUT2D eigenvalue weighted by Gasteiger charge is 2.76. The molecule has 3 amide bonds. The van der Waals surface area contributed by atoms with E-state index in [1.807, 2.05) is 74.5 Å². The van der Waals surface area contributed by atoms with E-state index in [1.54, 1.807) is 17.1 Å². The van der Waals surface area contributed by atoms with Crippen molar-refractivity contribution in [3.05, 3.63) is 97.1 Å². The van der Waals surface area contributed by atoms with E-state index in [-0.39, 0.29) is 43.3 Å². The molecule has 3 aliphatic rings. The molecule has 2 aromatic carbocycles. The van der Waals surface area contributed by atoms with Gasteiger partial charge in [-0.15, -0.1) is 13.2 Å². The summed E-state index contributed by atoms with van der Waals surface area (Å²) in [5, 5.41) is 13.8. The molecule has 0 saturated carbocycles. The summed E-state index contributed by atoms with van der Waals surface area (Å²) in [6.07, 6.45) is 4.53. The van der Waals surface area contributed by atoms with Crippen molar-refractivity contribution in [3.63, 3.8) is 0 Å². The molecule has 2 N–H and O–H groups in total. The summed E-state index contributed by atoms with van der Waals surface area (Å²) < 4.78 is 13.0. The van der Waals surface area contributed by atoms with Crippen molar-refractivity contribution in [2.24, 2.45) is 17.3 Å². The molecular formula is C43H57N3O7. The Morgan fingerprint density at radius 1 is 1.06 bits per heavy atom. The van der Waals surface area contributed by atoms with E-state index in [9.17, 15) is 19.5 Å². The van der Waals surface area contributed by atoms with E-state index in [1.165, 1.54) is 4.90 Å². The molecule has 7 atom stereocenters. The monoisotopic (exact) mass is 727 g/mol. The van der Waals surface area contributed by atoms with E-state index < -0.39 is 59.1 Å². The number of carbonyl (C=O) groups excluding carboxylic acids is 4. The number of esters is 1. The Morgan fingerprint density at radius 2 is 1.72 bits per heavy atom. The Kier molecular flexibility index (Phi) is 12.3. The Bertz CT molecular complexity index is 1640. The van der Waals surface area contributed by atoms with Crippen LogP contribution in [0.4, 0.5) is 0 Å². The fourth-order valence-corrected chi connectivity index (χ4v) is 9.12. The molecule has 10 heteroatoms. The second-order valence-corrected chi connectivity index (χ2v) is 16.6. The molecular weight excluding hydrogens is 670 g/mol. The van der Waals surface area contributed by atoms with Crippen LogP contribution in [-0.4, -0.2) is 87.6 Å². The van der Waals surface area contributed by atoms with E-state index in [0.717, 1.165) is 5.56 Å². The molecule has 3 aliphatic heterocycles. The maximum atomic E-state index is 15.2. The van der Waals surface area contributed by atoms with Crippen molar-refractivity contribution in [2.45, 2.75) is 109 Å². The lowest BCUT2D eigenvalue weighted by atomic mass is 9.70. The predicted molar refractivity (Wildman–Crippen MR) is 203 cm³/mol. The number of ether oxygens (including phenoxy) is 2. The van der Waals surface area contributed by atoms with Crippen LogP contribution in [0, 0.1) is 17.3 Å². The van der Waals surface area contributed by atoms with Crippen molar-refractivity contribution in [1.82, 2.24) is 15.1 Å². The Balaban J connectivity index is 1.53. The number of aliphatic hydroxyl groups excluding tert-OH is 1. The number of aliphatic hydroxyl groups is 1. The summed E-state index contributed by atoms with van der Waals surface area (Å²) >= 11 is 0. The van der Waals surface area contributed by atoms with Gasteiger partial charge in [0.2, 0.25) is 17.7 Å². The summed E-state index contributed by atoms with van der Waals surface area (Å²) in [5.41, 5.74) is -0.452. The van der Waals surface area contributed by atoms with E-state index in [2.05, 4.69) is 39.2 Å². The number of hydrogen-bond acceptors (Lipinski definition) is 7. The smallest absolute Gasteiger partial charge is 0.313 e. The number of benzene rings is 2. The molecule has 3 fully saturated rings. The second kappa shape index (κ2) is 16.4. The van der Waals surface area contributed by atoms with Crippen LogP contribution in [0.5, 0.6) is 0 Å². The number of fused-ring (bicyclic) bond motifs is 1. The number of allylic oxidation sites excluding steroid dienone is 1. The van der Waals surface area contributed by atoms with Crippen molar-refractivity contribution < 1.29 is 33.8 Å². The molecule has 0 aliphatic carbocycles. The zero-order valence-electron chi connectivity index (χ0n) is 32.0. The van der Waals surface area contributed by atoms with Crippen molar-refractivity contribution in [1.29, 1.82) is 0 Å².